The minimum Gasteiger partial charge on any atom is -0.493 e. The van der Waals surface area contributed by atoms with Crippen LogP contribution in [0.1, 0.15) is 24.0 Å². The third kappa shape index (κ3) is 2.25. The SMILES string of the molecule is COc1cc2c(c(OC)c1OC)CCC(N)CC2. The van der Waals surface area contributed by atoms with E-state index >= 15 is 0 Å². The molecule has 1 aromatic carbocycles. The Hall–Kier alpha value is -1.42. The molecule has 0 aliphatic heterocycles. The lowest BCUT2D eigenvalue weighted by Crippen LogP contribution is -2.19. The van der Waals surface area contributed by atoms with E-state index in [1.807, 2.05) is 0 Å². The molecule has 4 nitrogen and oxygen atoms in total. The molecule has 1 aromatic rings. The van der Waals surface area contributed by atoms with Crippen LogP contribution in [0.4, 0.5) is 0 Å². The van der Waals surface area contributed by atoms with E-state index in [0.717, 1.165) is 37.2 Å². The van der Waals surface area contributed by atoms with Crippen LogP contribution in [0, 0.1) is 0 Å². The van der Waals surface area contributed by atoms with Gasteiger partial charge in [-0.05, 0) is 37.3 Å². The number of rotatable bonds is 3. The second-order valence-electron chi connectivity index (χ2n) is 4.62. The molecular formula is C14H21NO3. The van der Waals surface area contributed by atoms with Crippen LogP contribution in [0.15, 0.2) is 6.07 Å². The van der Waals surface area contributed by atoms with Crippen LogP contribution in [0.2, 0.25) is 0 Å². The molecule has 0 aromatic heterocycles. The summed E-state index contributed by atoms with van der Waals surface area (Å²) in [6.07, 6.45) is 3.89. The van der Waals surface area contributed by atoms with Gasteiger partial charge >= 0.3 is 0 Å². The van der Waals surface area contributed by atoms with Crippen molar-refractivity contribution in [2.24, 2.45) is 5.73 Å². The molecule has 0 saturated heterocycles. The second-order valence-corrected chi connectivity index (χ2v) is 4.62. The van der Waals surface area contributed by atoms with Crippen LogP contribution < -0.4 is 19.9 Å². The molecule has 1 aliphatic rings. The summed E-state index contributed by atoms with van der Waals surface area (Å²) < 4.78 is 16.3. The van der Waals surface area contributed by atoms with Gasteiger partial charge in [0.15, 0.2) is 11.5 Å². The highest BCUT2D eigenvalue weighted by atomic mass is 16.5. The van der Waals surface area contributed by atoms with Gasteiger partial charge in [-0.1, -0.05) is 0 Å². The number of nitrogens with two attached hydrogens (primary N) is 1. The number of hydrogen-bond donors (Lipinski definition) is 1. The Morgan fingerprint density at radius 2 is 1.67 bits per heavy atom. The average Bonchev–Trinajstić information content (AvgIpc) is 2.58. The standard InChI is InChI=1S/C14H21NO3/c1-16-12-8-9-4-5-10(15)6-7-11(9)13(17-2)14(12)18-3/h8,10H,4-7,15H2,1-3H3. The van der Waals surface area contributed by atoms with Crippen LogP contribution in [0.3, 0.4) is 0 Å². The zero-order valence-electron chi connectivity index (χ0n) is 11.3. The van der Waals surface area contributed by atoms with Crippen molar-refractivity contribution < 1.29 is 14.2 Å². The van der Waals surface area contributed by atoms with E-state index in [1.54, 1.807) is 21.3 Å². The Morgan fingerprint density at radius 3 is 2.28 bits per heavy atom. The fraction of sp³-hybridized carbons (Fsp3) is 0.571. The van der Waals surface area contributed by atoms with E-state index in [2.05, 4.69) is 6.07 Å². The van der Waals surface area contributed by atoms with Crippen molar-refractivity contribution in [3.05, 3.63) is 17.2 Å². The van der Waals surface area contributed by atoms with E-state index in [1.165, 1.54) is 11.1 Å². The number of methoxy groups -OCH3 is 3. The largest absolute Gasteiger partial charge is 0.493 e. The van der Waals surface area contributed by atoms with Crippen molar-refractivity contribution in [1.82, 2.24) is 0 Å². The predicted molar refractivity (Wildman–Crippen MR) is 70.7 cm³/mol. The van der Waals surface area contributed by atoms with Crippen molar-refractivity contribution in [2.75, 3.05) is 21.3 Å². The van der Waals surface area contributed by atoms with Gasteiger partial charge in [-0.3, -0.25) is 0 Å². The van der Waals surface area contributed by atoms with Crippen LogP contribution in [0.25, 0.3) is 0 Å². The molecule has 0 radical (unpaired) electrons. The first-order valence-electron chi connectivity index (χ1n) is 6.27. The number of ether oxygens (including phenoxy) is 3. The minimum absolute atomic E-state index is 0.263. The molecule has 0 heterocycles. The summed E-state index contributed by atoms with van der Waals surface area (Å²) in [5.41, 5.74) is 8.52. The van der Waals surface area contributed by atoms with Crippen molar-refractivity contribution in [1.29, 1.82) is 0 Å². The molecule has 0 amide bonds. The third-order valence-electron chi connectivity index (χ3n) is 3.57. The lowest BCUT2D eigenvalue weighted by molar-refractivity contribution is 0.321. The molecule has 1 aliphatic carbocycles. The van der Waals surface area contributed by atoms with Crippen molar-refractivity contribution >= 4 is 0 Å². The van der Waals surface area contributed by atoms with Gasteiger partial charge in [0, 0.05) is 11.6 Å². The lowest BCUT2D eigenvalue weighted by atomic mass is 10.0. The van der Waals surface area contributed by atoms with Crippen molar-refractivity contribution in [3.8, 4) is 17.2 Å². The molecule has 18 heavy (non-hydrogen) atoms. The van der Waals surface area contributed by atoms with Crippen molar-refractivity contribution in [2.45, 2.75) is 31.7 Å². The highest BCUT2D eigenvalue weighted by molar-refractivity contribution is 5.59. The molecule has 0 saturated carbocycles. The van der Waals surface area contributed by atoms with Crippen LogP contribution >= 0.6 is 0 Å². The Balaban J connectivity index is 2.54. The first kappa shape index (κ1) is 13.0. The topological polar surface area (TPSA) is 53.7 Å². The van der Waals surface area contributed by atoms with Gasteiger partial charge < -0.3 is 19.9 Å². The Labute approximate surface area is 108 Å². The number of aryl methyl sites for hydroxylation is 1. The fourth-order valence-electron chi connectivity index (χ4n) is 2.58. The van der Waals surface area contributed by atoms with E-state index in [0.29, 0.717) is 5.75 Å². The zero-order chi connectivity index (χ0) is 13.1. The third-order valence-corrected chi connectivity index (χ3v) is 3.57. The van der Waals surface area contributed by atoms with E-state index in [4.69, 9.17) is 19.9 Å². The molecule has 1 unspecified atom stereocenters. The average molecular weight is 251 g/mol. The van der Waals surface area contributed by atoms with E-state index in [-0.39, 0.29) is 6.04 Å². The Bertz CT molecular complexity index is 432. The summed E-state index contributed by atoms with van der Waals surface area (Å²) >= 11 is 0. The van der Waals surface area contributed by atoms with Crippen LogP contribution in [-0.4, -0.2) is 27.4 Å². The van der Waals surface area contributed by atoms with Crippen LogP contribution in [-0.2, 0) is 12.8 Å². The van der Waals surface area contributed by atoms with Gasteiger partial charge in [-0.15, -0.1) is 0 Å². The molecule has 0 fully saturated rings. The molecule has 100 valence electrons. The summed E-state index contributed by atoms with van der Waals surface area (Å²) in [6.45, 7) is 0. The highest BCUT2D eigenvalue weighted by Gasteiger charge is 2.23. The molecule has 2 N–H and O–H groups in total. The minimum atomic E-state index is 0.263. The van der Waals surface area contributed by atoms with E-state index in [9.17, 15) is 0 Å². The first-order valence-corrected chi connectivity index (χ1v) is 6.27. The van der Waals surface area contributed by atoms with Crippen LogP contribution in [0.5, 0.6) is 17.2 Å². The maximum absolute atomic E-state index is 6.04. The zero-order valence-corrected chi connectivity index (χ0v) is 11.3. The van der Waals surface area contributed by atoms with Gasteiger partial charge in [0.25, 0.3) is 0 Å². The summed E-state index contributed by atoms with van der Waals surface area (Å²) in [4.78, 5) is 0. The van der Waals surface area contributed by atoms with E-state index < -0.39 is 0 Å². The molecule has 1 atom stereocenters. The lowest BCUT2D eigenvalue weighted by Gasteiger charge is -2.18. The number of hydrogen-bond acceptors (Lipinski definition) is 4. The first-order chi connectivity index (χ1) is 8.71. The maximum Gasteiger partial charge on any atom is 0.203 e. The van der Waals surface area contributed by atoms with Gasteiger partial charge in [-0.2, -0.15) is 0 Å². The number of fused-ring (bicyclic) bond motifs is 1. The predicted octanol–water partition coefficient (Wildman–Crippen LogP) is 1.92. The second kappa shape index (κ2) is 5.48. The molecule has 0 bridgehead atoms. The monoisotopic (exact) mass is 251 g/mol. The Morgan fingerprint density at radius 1 is 1.00 bits per heavy atom. The Kier molecular flexibility index (Phi) is 3.97. The summed E-state index contributed by atoms with van der Waals surface area (Å²) in [7, 11) is 4.95. The smallest absolute Gasteiger partial charge is 0.203 e. The summed E-state index contributed by atoms with van der Waals surface area (Å²) in [6, 6.07) is 2.31. The van der Waals surface area contributed by atoms with Crippen molar-refractivity contribution in [3.63, 3.8) is 0 Å². The normalized spacial score (nSPS) is 18.8. The number of benzene rings is 1. The molecule has 2 rings (SSSR count). The fourth-order valence-corrected chi connectivity index (χ4v) is 2.58. The van der Waals surface area contributed by atoms with Gasteiger partial charge in [-0.25, -0.2) is 0 Å². The quantitative estimate of drug-likeness (QED) is 0.834. The van der Waals surface area contributed by atoms with Gasteiger partial charge in [0.1, 0.15) is 0 Å². The molecule has 4 heteroatoms. The molecule has 0 spiro atoms. The van der Waals surface area contributed by atoms with Gasteiger partial charge in [0.2, 0.25) is 5.75 Å². The summed E-state index contributed by atoms with van der Waals surface area (Å²) in [5.74, 6) is 2.19. The van der Waals surface area contributed by atoms with Gasteiger partial charge in [0.05, 0.1) is 21.3 Å². The highest BCUT2D eigenvalue weighted by Crippen LogP contribution is 2.43. The maximum atomic E-state index is 6.04. The molecular weight excluding hydrogens is 230 g/mol. The summed E-state index contributed by atoms with van der Waals surface area (Å²) in [5, 5.41) is 0.